The molecule has 0 saturated heterocycles. The van der Waals surface area contributed by atoms with Crippen LogP contribution in [0.4, 0.5) is 0 Å². The molecule has 0 aliphatic heterocycles. The smallest absolute Gasteiger partial charge is 0.303 e. The molecule has 29 heavy (non-hydrogen) atoms. The second-order valence-corrected chi connectivity index (χ2v) is 8.75. The first-order chi connectivity index (χ1) is 14.0. The Bertz CT molecular complexity index is 1070. The molecule has 0 amide bonds. The average Bonchev–Trinajstić information content (AvgIpc) is 2.73. The summed E-state index contributed by atoms with van der Waals surface area (Å²) in [5, 5.41) is 10.7. The van der Waals surface area contributed by atoms with E-state index in [1.807, 2.05) is 36.4 Å². The van der Waals surface area contributed by atoms with Gasteiger partial charge in [-0.25, -0.2) is 13.1 Å². The van der Waals surface area contributed by atoms with Crippen LogP contribution in [0, 0.1) is 0 Å². The summed E-state index contributed by atoms with van der Waals surface area (Å²) in [4.78, 5) is 15.1. The molecule has 2 aromatic carbocycles. The normalized spacial score (nSPS) is 12.7. The molecule has 0 radical (unpaired) electrons. The van der Waals surface area contributed by atoms with E-state index in [2.05, 4.69) is 9.71 Å². The molecule has 152 valence electrons. The van der Waals surface area contributed by atoms with Crippen LogP contribution in [-0.4, -0.2) is 31.0 Å². The van der Waals surface area contributed by atoms with Crippen molar-refractivity contribution in [1.29, 1.82) is 0 Å². The Morgan fingerprint density at radius 1 is 1.03 bits per heavy atom. The van der Waals surface area contributed by atoms with Crippen LogP contribution in [-0.2, 0) is 14.8 Å². The fraction of sp³-hybridized carbons (Fsp3) is 0.273. The number of nitrogens with zero attached hydrogens (tertiary/aromatic N) is 1. The molecule has 6 nitrogen and oxygen atoms in total. The number of hydrogen-bond donors (Lipinski definition) is 2. The second-order valence-electron chi connectivity index (χ2n) is 6.98. The summed E-state index contributed by atoms with van der Waals surface area (Å²) in [5.41, 5.74) is 0.934. The summed E-state index contributed by atoms with van der Waals surface area (Å²) < 4.78 is 28.4. The molecule has 3 rings (SSSR count). The van der Waals surface area contributed by atoms with Gasteiger partial charge in [0.05, 0.1) is 4.90 Å². The molecule has 1 atom stereocenters. The van der Waals surface area contributed by atoms with Gasteiger partial charge in [0.1, 0.15) is 0 Å². The van der Waals surface area contributed by atoms with Crippen LogP contribution in [0.15, 0.2) is 71.9 Å². The van der Waals surface area contributed by atoms with Gasteiger partial charge in [-0.3, -0.25) is 9.78 Å². The highest BCUT2D eigenvalue weighted by Gasteiger charge is 2.19. The lowest BCUT2D eigenvalue weighted by Crippen LogP contribution is -2.28. The summed E-state index contributed by atoms with van der Waals surface area (Å²) >= 11 is 0. The Balaban J connectivity index is 1.71. The van der Waals surface area contributed by atoms with E-state index in [0.717, 1.165) is 16.3 Å². The van der Waals surface area contributed by atoms with E-state index in [4.69, 9.17) is 5.11 Å². The minimum absolute atomic E-state index is 0.0762. The van der Waals surface area contributed by atoms with E-state index in [1.165, 1.54) is 0 Å². The summed E-state index contributed by atoms with van der Waals surface area (Å²) in [7, 11) is -3.66. The number of aromatic nitrogens is 1. The molecule has 0 fully saturated rings. The zero-order chi connectivity index (χ0) is 20.7. The summed E-state index contributed by atoms with van der Waals surface area (Å²) in [6, 6.07) is 16.4. The van der Waals surface area contributed by atoms with Crippen LogP contribution in [0.5, 0.6) is 0 Å². The number of pyridine rings is 1. The van der Waals surface area contributed by atoms with Crippen molar-refractivity contribution < 1.29 is 18.3 Å². The van der Waals surface area contributed by atoms with Crippen LogP contribution >= 0.6 is 0 Å². The van der Waals surface area contributed by atoms with Gasteiger partial charge in [0.2, 0.25) is 10.0 Å². The SMILES string of the molecule is O=C(O)CCCCC(CNS(=O)(=O)c1ccc2ccccc2c1)c1cccnc1. The van der Waals surface area contributed by atoms with Crippen LogP contribution in [0.1, 0.15) is 37.2 Å². The molecule has 0 saturated carbocycles. The zero-order valence-corrected chi connectivity index (χ0v) is 16.8. The van der Waals surface area contributed by atoms with E-state index in [0.29, 0.717) is 19.3 Å². The third kappa shape index (κ3) is 5.85. The average molecular weight is 413 g/mol. The third-order valence-electron chi connectivity index (χ3n) is 4.90. The minimum Gasteiger partial charge on any atom is -0.481 e. The summed E-state index contributed by atoms with van der Waals surface area (Å²) in [5.74, 6) is -0.896. The number of rotatable bonds is 10. The lowest BCUT2D eigenvalue weighted by Gasteiger charge is -2.18. The fourth-order valence-electron chi connectivity index (χ4n) is 3.30. The number of carboxylic acid groups (broad SMARTS) is 1. The molecule has 1 aromatic heterocycles. The largest absolute Gasteiger partial charge is 0.481 e. The van der Waals surface area contributed by atoms with Crippen LogP contribution in [0.2, 0.25) is 0 Å². The van der Waals surface area contributed by atoms with Gasteiger partial charge >= 0.3 is 5.97 Å². The quantitative estimate of drug-likeness (QED) is 0.492. The molecule has 7 heteroatoms. The van der Waals surface area contributed by atoms with Gasteiger partial charge in [0, 0.05) is 25.4 Å². The van der Waals surface area contributed by atoms with Gasteiger partial charge in [0.15, 0.2) is 0 Å². The highest BCUT2D eigenvalue weighted by Crippen LogP contribution is 2.23. The molecular weight excluding hydrogens is 388 g/mol. The lowest BCUT2D eigenvalue weighted by molar-refractivity contribution is -0.137. The van der Waals surface area contributed by atoms with Gasteiger partial charge in [-0.2, -0.15) is 0 Å². The molecule has 2 N–H and O–H groups in total. The van der Waals surface area contributed by atoms with Gasteiger partial charge < -0.3 is 5.11 Å². The number of unbranched alkanes of at least 4 members (excludes halogenated alkanes) is 1. The standard InChI is InChI=1S/C22H24N2O4S/c25-22(26)10-4-3-8-20(19-9-5-13-23-15-19)16-24-29(27,28)21-12-11-17-6-1-2-7-18(17)14-21/h1-2,5-7,9,11-15,20,24H,3-4,8,10,16H2,(H,25,26). The second kappa shape index (κ2) is 9.62. The predicted octanol–water partition coefficient (Wildman–Crippen LogP) is 3.94. The van der Waals surface area contributed by atoms with Gasteiger partial charge in [-0.1, -0.05) is 42.8 Å². The molecule has 0 bridgehead atoms. The Morgan fingerprint density at radius 2 is 1.83 bits per heavy atom. The maximum Gasteiger partial charge on any atom is 0.303 e. The van der Waals surface area contributed by atoms with Crippen molar-refractivity contribution in [2.45, 2.75) is 36.5 Å². The van der Waals surface area contributed by atoms with Gasteiger partial charge in [0.25, 0.3) is 0 Å². The molecule has 0 aliphatic carbocycles. The lowest BCUT2D eigenvalue weighted by atomic mass is 9.94. The fourth-order valence-corrected chi connectivity index (χ4v) is 4.42. The van der Waals surface area contributed by atoms with Crippen LogP contribution in [0.25, 0.3) is 10.8 Å². The number of carboxylic acids is 1. The molecule has 0 aliphatic rings. The molecule has 1 unspecified atom stereocenters. The first-order valence-corrected chi connectivity index (χ1v) is 11.0. The van der Waals surface area contributed by atoms with Gasteiger partial charge in [-0.15, -0.1) is 0 Å². The highest BCUT2D eigenvalue weighted by molar-refractivity contribution is 7.89. The summed E-state index contributed by atoms with van der Waals surface area (Å²) in [6.45, 7) is 0.230. The van der Waals surface area contributed by atoms with E-state index >= 15 is 0 Å². The van der Waals surface area contributed by atoms with E-state index < -0.39 is 16.0 Å². The monoisotopic (exact) mass is 412 g/mol. The minimum atomic E-state index is -3.66. The van der Waals surface area contributed by atoms with Gasteiger partial charge in [-0.05, 0) is 53.3 Å². The van der Waals surface area contributed by atoms with Crippen LogP contribution < -0.4 is 4.72 Å². The Labute approximate surface area is 170 Å². The Kier molecular flexibility index (Phi) is 6.95. The number of benzene rings is 2. The predicted molar refractivity (Wildman–Crippen MR) is 112 cm³/mol. The number of hydrogen-bond acceptors (Lipinski definition) is 4. The van der Waals surface area contributed by atoms with Crippen molar-refractivity contribution in [2.24, 2.45) is 0 Å². The Morgan fingerprint density at radius 3 is 2.55 bits per heavy atom. The number of sulfonamides is 1. The van der Waals surface area contributed by atoms with Crippen molar-refractivity contribution in [3.05, 3.63) is 72.6 Å². The van der Waals surface area contributed by atoms with Crippen molar-refractivity contribution in [3.8, 4) is 0 Å². The van der Waals surface area contributed by atoms with Crippen molar-refractivity contribution in [1.82, 2.24) is 9.71 Å². The Hall–Kier alpha value is -2.77. The number of nitrogens with one attached hydrogen (secondary N) is 1. The topological polar surface area (TPSA) is 96.4 Å². The third-order valence-corrected chi connectivity index (χ3v) is 6.32. The summed E-state index contributed by atoms with van der Waals surface area (Å²) in [6.07, 6.45) is 5.45. The van der Waals surface area contributed by atoms with E-state index in [9.17, 15) is 13.2 Å². The van der Waals surface area contributed by atoms with E-state index in [-0.39, 0.29) is 23.8 Å². The van der Waals surface area contributed by atoms with Crippen molar-refractivity contribution >= 4 is 26.8 Å². The number of fused-ring (bicyclic) bond motifs is 1. The maximum absolute atomic E-state index is 12.8. The molecule has 1 heterocycles. The van der Waals surface area contributed by atoms with Crippen molar-refractivity contribution in [2.75, 3.05) is 6.54 Å². The number of aliphatic carboxylic acids is 1. The van der Waals surface area contributed by atoms with E-state index in [1.54, 1.807) is 30.6 Å². The highest BCUT2D eigenvalue weighted by atomic mass is 32.2. The molecule has 3 aromatic rings. The first kappa shape index (κ1) is 21.0. The number of carbonyl (C=O) groups is 1. The maximum atomic E-state index is 12.8. The molecule has 0 spiro atoms. The van der Waals surface area contributed by atoms with Crippen LogP contribution in [0.3, 0.4) is 0 Å². The zero-order valence-electron chi connectivity index (χ0n) is 16.0. The van der Waals surface area contributed by atoms with Crippen molar-refractivity contribution in [3.63, 3.8) is 0 Å². The first-order valence-electron chi connectivity index (χ1n) is 9.56. The molecular formula is C22H24N2O4S.